The zero-order chi connectivity index (χ0) is 27.7. The first-order valence-electron chi connectivity index (χ1n) is 11.6. The summed E-state index contributed by atoms with van der Waals surface area (Å²) in [6.45, 7) is -0.132. The van der Waals surface area contributed by atoms with Gasteiger partial charge in [0.2, 0.25) is 0 Å². The van der Waals surface area contributed by atoms with E-state index in [1.807, 2.05) is 0 Å². The lowest BCUT2D eigenvalue weighted by molar-refractivity contribution is -0.376. The number of aliphatic hydroxyl groups excluding tert-OH is 1. The molecule has 1 aliphatic heterocycles. The molecule has 1 heterocycles. The quantitative estimate of drug-likeness (QED) is 0.423. The van der Waals surface area contributed by atoms with E-state index in [1.54, 1.807) is 48.5 Å². The van der Waals surface area contributed by atoms with E-state index in [-0.39, 0.29) is 36.2 Å². The largest absolute Gasteiger partial charge is 0.489 e. The molecule has 38 heavy (non-hydrogen) atoms. The number of para-hydroxylation sites is 1. The van der Waals surface area contributed by atoms with Crippen molar-refractivity contribution in [3.63, 3.8) is 0 Å². The number of rotatable bonds is 5. The molecule has 0 saturated carbocycles. The minimum atomic E-state index is -6.05. The van der Waals surface area contributed by atoms with Crippen molar-refractivity contribution in [3.8, 4) is 5.75 Å². The van der Waals surface area contributed by atoms with Crippen LogP contribution in [0, 0.1) is 0 Å². The molecule has 3 aromatic carbocycles. The van der Waals surface area contributed by atoms with E-state index < -0.39 is 41.6 Å². The van der Waals surface area contributed by atoms with Crippen molar-refractivity contribution >= 4 is 11.6 Å². The first-order valence-corrected chi connectivity index (χ1v) is 11.6. The lowest BCUT2D eigenvalue weighted by Crippen LogP contribution is -2.54. The summed E-state index contributed by atoms with van der Waals surface area (Å²) in [5.74, 6) is -0.390. The number of carbonyl (C=O) groups is 1. The average molecular weight is 539 g/mol. The molecule has 0 bridgehead atoms. The van der Waals surface area contributed by atoms with E-state index in [0.29, 0.717) is 17.9 Å². The van der Waals surface area contributed by atoms with E-state index in [1.165, 1.54) is 12.1 Å². The maximum atomic E-state index is 13.5. The van der Waals surface area contributed by atoms with Crippen LogP contribution in [0.15, 0.2) is 78.9 Å². The Morgan fingerprint density at radius 1 is 0.895 bits per heavy atom. The molecule has 1 amide bonds. The highest BCUT2D eigenvalue weighted by atomic mass is 19.4. The van der Waals surface area contributed by atoms with E-state index >= 15 is 0 Å². The van der Waals surface area contributed by atoms with Gasteiger partial charge in [-0.2, -0.15) is 26.3 Å². The first-order chi connectivity index (χ1) is 17.8. The predicted molar refractivity (Wildman–Crippen MR) is 125 cm³/mol. The van der Waals surface area contributed by atoms with Gasteiger partial charge in [0, 0.05) is 11.3 Å². The van der Waals surface area contributed by atoms with Gasteiger partial charge in [-0.3, -0.25) is 4.79 Å². The molecule has 11 heteroatoms. The molecule has 0 aromatic heterocycles. The summed E-state index contributed by atoms with van der Waals surface area (Å²) in [6, 6.07) is 18.4. The Morgan fingerprint density at radius 2 is 1.47 bits per heavy atom. The van der Waals surface area contributed by atoms with Gasteiger partial charge in [0.15, 0.2) is 6.10 Å². The number of hydrogen-bond donors (Lipinski definition) is 2. The third-order valence-corrected chi connectivity index (χ3v) is 6.39. The fraction of sp³-hybridized carbons (Fsp3) is 0.296. The monoisotopic (exact) mass is 539 g/mol. The van der Waals surface area contributed by atoms with Gasteiger partial charge in [0.1, 0.15) is 11.9 Å². The topological polar surface area (TPSA) is 70.0 Å². The number of halogens is 6. The number of benzene rings is 3. The molecule has 2 N–H and O–H groups in total. The SMILES string of the molecule is O=C([C@@H](O)c1ccccc1)N1C[C@@H](Oc2ccccc2)CCc2cc(C(O)(C(F)(F)F)C(F)(F)F)ccc21. The summed E-state index contributed by atoms with van der Waals surface area (Å²) in [6.07, 6.45) is -14.4. The summed E-state index contributed by atoms with van der Waals surface area (Å²) in [5.41, 5.74) is -6.31. The summed E-state index contributed by atoms with van der Waals surface area (Å²) in [7, 11) is 0. The molecular formula is C27H23F6NO4. The Bertz CT molecular complexity index is 1250. The molecule has 3 aromatic rings. The van der Waals surface area contributed by atoms with Crippen LogP contribution in [0.4, 0.5) is 32.0 Å². The smallest absolute Gasteiger partial charge is 0.430 e. The second-order valence-corrected chi connectivity index (χ2v) is 8.90. The van der Waals surface area contributed by atoms with E-state index in [9.17, 15) is 41.4 Å². The van der Waals surface area contributed by atoms with Crippen molar-refractivity contribution in [3.05, 3.63) is 95.6 Å². The Balaban J connectivity index is 1.77. The Labute approximate surface area is 213 Å². The first kappa shape index (κ1) is 27.5. The third kappa shape index (κ3) is 5.21. The molecule has 0 unspecified atom stereocenters. The number of alkyl halides is 6. The van der Waals surface area contributed by atoms with Gasteiger partial charge >= 0.3 is 12.4 Å². The number of anilines is 1. The minimum Gasteiger partial charge on any atom is -0.489 e. The predicted octanol–water partition coefficient (Wildman–Crippen LogP) is 5.46. The molecule has 202 valence electrons. The molecule has 4 rings (SSSR count). The van der Waals surface area contributed by atoms with Crippen LogP contribution in [0.1, 0.15) is 29.2 Å². The van der Waals surface area contributed by atoms with E-state index in [0.717, 1.165) is 11.0 Å². The summed E-state index contributed by atoms with van der Waals surface area (Å²) in [4.78, 5) is 14.5. The second kappa shape index (κ2) is 10.3. The number of hydrogen-bond acceptors (Lipinski definition) is 4. The zero-order valence-electron chi connectivity index (χ0n) is 19.7. The van der Waals surface area contributed by atoms with Gasteiger partial charge in [-0.1, -0.05) is 60.7 Å². The number of aryl methyl sites for hydroxylation is 1. The maximum Gasteiger partial charge on any atom is 0.430 e. The Morgan fingerprint density at radius 3 is 2.05 bits per heavy atom. The zero-order valence-corrected chi connectivity index (χ0v) is 19.7. The summed E-state index contributed by atoms with van der Waals surface area (Å²) in [5, 5.41) is 20.7. The molecule has 0 spiro atoms. The van der Waals surface area contributed by atoms with Crippen molar-refractivity contribution in [2.45, 2.75) is 43.0 Å². The standard InChI is InChI=1S/C27H23F6NO4/c28-26(29,30)25(37,27(31,32)33)19-12-14-22-18(15-19)11-13-21(38-20-9-5-2-6-10-20)16-34(22)24(36)23(35)17-7-3-1-4-8-17/h1-10,12,14-15,21,23,35,37H,11,13,16H2/t21-,23-/m0/s1. The fourth-order valence-corrected chi connectivity index (χ4v) is 4.39. The van der Waals surface area contributed by atoms with Gasteiger partial charge in [-0.15, -0.1) is 0 Å². The Kier molecular flexibility index (Phi) is 7.44. The number of nitrogens with zero attached hydrogens (tertiary/aromatic N) is 1. The van der Waals surface area contributed by atoms with Gasteiger partial charge in [0.25, 0.3) is 11.5 Å². The molecule has 1 aliphatic rings. The number of carbonyl (C=O) groups excluding carboxylic acids is 1. The lowest BCUT2D eigenvalue weighted by Gasteiger charge is -2.33. The highest BCUT2D eigenvalue weighted by Gasteiger charge is 2.71. The molecule has 2 atom stereocenters. The second-order valence-electron chi connectivity index (χ2n) is 8.90. The van der Waals surface area contributed by atoms with E-state index in [2.05, 4.69) is 0 Å². The van der Waals surface area contributed by atoms with Crippen LogP contribution in [0.2, 0.25) is 0 Å². The van der Waals surface area contributed by atoms with Gasteiger partial charge in [0.05, 0.1) is 6.54 Å². The van der Waals surface area contributed by atoms with Crippen molar-refractivity contribution in [1.29, 1.82) is 0 Å². The molecule has 0 aliphatic carbocycles. The van der Waals surface area contributed by atoms with Crippen LogP contribution in [-0.4, -0.2) is 41.1 Å². The lowest BCUT2D eigenvalue weighted by atomic mass is 9.89. The maximum absolute atomic E-state index is 13.5. The van der Waals surface area contributed by atoms with Crippen LogP contribution in [0.25, 0.3) is 0 Å². The Hall–Kier alpha value is -3.57. The number of ether oxygens (including phenoxy) is 1. The van der Waals surface area contributed by atoms with Crippen molar-refractivity contribution < 1.29 is 46.1 Å². The summed E-state index contributed by atoms with van der Waals surface area (Å²) < 4.78 is 87.0. The molecule has 0 radical (unpaired) electrons. The normalized spacial score (nSPS) is 17.4. The summed E-state index contributed by atoms with van der Waals surface area (Å²) >= 11 is 0. The van der Waals surface area contributed by atoms with Crippen LogP contribution >= 0.6 is 0 Å². The minimum absolute atomic E-state index is 0.0135. The van der Waals surface area contributed by atoms with Crippen molar-refractivity contribution in [2.75, 3.05) is 11.4 Å². The molecule has 0 saturated heterocycles. The number of aliphatic hydroxyl groups is 2. The van der Waals surface area contributed by atoms with Crippen LogP contribution in [-0.2, 0) is 16.8 Å². The van der Waals surface area contributed by atoms with Crippen LogP contribution in [0.5, 0.6) is 5.75 Å². The highest BCUT2D eigenvalue weighted by Crippen LogP contribution is 2.50. The molecule has 5 nitrogen and oxygen atoms in total. The highest BCUT2D eigenvalue weighted by molar-refractivity contribution is 5.98. The average Bonchev–Trinajstić information content (AvgIpc) is 3.06. The fourth-order valence-electron chi connectivity index (χ4n) is 4.39. The van der Waals surface area contributed by atoms with Crippen LogP contribution < -0.4 is 9.64 Å². The van der Waals surface area contributed by atoms with Gasteiger partial charge in [-0.25, -0.2) is 0 Å². The molecule has 0 fully saturated rings. The van der Waals surface area contributed by atoms with Crippen molar-refractivity contribution in [2.24, 2.45) is 0 Å². The van der Waals surface area contributed by atoms with Crippen molar-refractivity contribution in [1.82, 2.24) is 0 Å². The molecular weight excluding hydrogens is 516 g/mol. The third-order valence-electron chi connectivity index (χ3n) is 6.39. The van der Waals surface area contributed by atoms with E-state index in [4.69, 9.17) is 4.74 Å². The van der Waals surface area contributed by atoms with Crippen LogP contribution in [0.3, 0.4) is 0 Å². The number of fused-ring (bicyclic) bond motifs is 1. The number of amides is 1. The van der Waals surface area contributed by atoms with Gasteiger partial charge < -0.3 is 19.8 Å². The van der Waals surface area contributed by atoms with Gasteiger partial charge in [-0.05, 0) is 42.2 Å².